The van der Waals surface area contributed by atoms with Gasteiger partial charge in [0.2, 0.25) is 0 Å². The summed E-state index contributed by atoms with van der Waals surface area (Å²) in [6.07, 6.45) is 0. The first-order valence-corrected chi connectivity index (χ1v) is 5.62. The van der Waals surface area contributed by atoms with Crippen LogP contribution in [-0.4, -0.2) is 9.97 Å². The van der Waals surface area contributed by atoms with Gasteiger partial charge in [-0.05, 0) is 16.8 Å². The van der Waals surface area contributed by atoms with Crippen LogP contribution in [0.3, 0.4) is 0 Å². The second-order valence-corrected chi connectivity index (χ2v) is 4.22. The number of hydrogen-bond acceptors (Lipinski definition) is 2. The van der Waals surface area contributed by atoms with Gasteiger partial charge in [0.1, 0.15) is 10.8 Å². The lowest BCUT2D eigenvalue weighted by molar-refractivity contribution is 1.33. The molecule has 84 valence electrons. The molecule has 3 rings (SSSR count). The minimum absolute atomic E-state index is 0.332. The maximum atomic E-state index is 6.03. The fourth-order valence-electron chi connectivity index (χ4n) is 1.90. The monoisotopic (exact) mass is 243 g/mol. The van der Waals surface area contributed by atoms with Crippen LogP contribution in [0.2, 0.25) is 5.15 Å². The molecule has 0 spiro atoms. The molecular weight excluding hydrogens is 234 g/mol. The topological polar surface area (TPSA) is 54.7 Å². The summed E-state index contributed by atoms with van der Waals surface area (Å²) in [4.78, 5) is 6.96. The van der Waals surface area contributed by atoms with Crippen molar-refractivity contribution in [1.29, 1.82) is 0 Å². The van der Waals surface area contributed by atoms with Crippen LogP contribution in [0.4, 0.5) is 5.95 Å². The zero-order chi connectivity index (χ0) is 11.8. The third-order valence-electron chi connectivity index (χ3n) is 2.70. The molecule has 3 N–H and O–H groups in total. The van der Waals surface area contributed by atoms with Crippen molar-refractivity contribution >= 4 is 28.3 Å². The highest BCUT2D eigenvalue weighted by atomic mass is 35.5. The standard InChI is InChI=1S/C13H10ClN3/c14-12-11(16-13(15)17-12)10-6-5-8-3-1-2-4-9(8)7-10/h1-7H,(H3,15,16,17). The molecule has 2 aromatic carbocycles. The molecule has 0 amide bonds. The lowest BCUT2D eigenvalue weighted by Gasteiger charge is -2.01. The van der Waals surface area contributed by atoms with Gasteiger partial charge in [-0.3, -0.25) is 0 Å². The summed E-state index contributed by atoms with van der Waals surface area (Å²) in [7, 11) is 0. The van der Waals surface area contributed by atoms with Gasteiger partial charge >= 0.3 is 0 Å². The normalized spacial score (nSPS) is 10.9. The van der Waals surface area contributed by atoms with Gasteiger partial charge in [0.05, 0.1) is 0 Å². The smallest absolute Gasteiger partial charge is 0.199 e. The van der Waals surface area contributed by atoms with Crippen LogP contribution >= 0.6 is 11.6 Å². The maximum absolute atomic E-state index is 6.03. The number of benzene rings is 2. The number of anilines is 1. The van der Waals surface area contributed by atoms with Crippen molar-refractivity contribution < 1.29 is 0 Å². The number of fused-ring (bicyclic) bond motifs is 1. The number of halogens is 1. The average molecular weight is 244 g/mol. The summed E-state index contributed by atoms with van der Waals surface area (Å²) in [5, 5.41) is 2.82. The summed E-state index contributed by atoms with van der Waals surface area (Å²) in [5.74, 6) is 0.332. The van der Waals surface area contributed by atoms with Crippen molar-refractivity contribution in [1.82, 2.24) is 9.97 Å². The molecule has 0 unspecified atom stereocenters. The Labute approximate surface area is 103 Å². The largest absolute Gasteiger partial charge is 0.369 e. The molecule has 1 aromatic heterocycles. The van der Waals surface area contributed by atoms with Crippen LogP contribution in [0.15, 0.2) is 42.5 Å². The van der Waals surface area contributed by atoms with Crippen molar-refractivity contribution in [2.45, 2.75) is 0 Å². The number of nitrogens with one attached hydrogen (secondary N) is 1. The molecule has 0 radical (unpaired) electrons. The number of hydrogen-bond donors (Lipinski definition) is 2. The van der Waals surface area contributed by atoms with Gasteiger partial charge < -0.3 is 10.7 Å². The number of aromatic nitrogens is 2. The molecule has 0 saturated carbocycles. The van der Waals surface area contributed by atoms with Gasteiger partial charge in [-0.1, -0.05) is 48.0 Å². The van der Waals surface area contributed by atoms with E-state index in [1.807, 2.05) is 24.3 Å². The molecule has 0 aliphatic rings. The van der Waals surface area contributed by atoms with Crippen molar-refractivity contribution in [3.63, 3.8) is 0 Å². The zero-order valence-electron chi connectivity index (χ0n) is 8.94. The summed E-state index contributed by atoms with van der Waals surface area (Å²) in [6, 6.07) is 14.2. The Morgan fingerprint density at radius 3 is 2.53 bits per heavy atom. The van der Waals surface area contributed by atoms with Gasteiger partial charge in [0.25, 0.3) is 0 Å². The Kier molecular flexibility index (Phi) is 2.27. The summed E-state index contributed by atoms with van der Waals surface area (Å²) >= 11 is 6.03. The van der Waals surface area contributed by atoms with E-state index < -0.39 is 0 Å². The van der Waals surface area contributed by atoms with E-state index >= 15 is 0 Å². The second-order valence-electron chi connectivity index (χ2n) is 3.85. The summed E-state index contributed by atoms with van der Waals surface area (Å²) < 4.78 is 0. The Balaban J connectivity index is 2.21. The SMILES string of the molecule is Nc1nc(-c2ccc3ccccc3c2)c(Cl)[nH]1. The number of H-pyrrole nitrogens is 1. The molecule has 0 saturated heterocycles. The Morgan fingerprint density at radius 1 is 1.06 bits per heavy atom. The lowest BCUT2D eigenvalue weighted by Crippen LogP contribution is -1.85. The molecule has 0 aliphatic carbocycles. The second kappa shape index (κ2) is 3.79. The first-order valence-electron chi connectivity index (χ1n) is 5.24. The Bertz CT molecular complexity index is 688. The quantitative estimate of drug-likeness (QED) is 0.688. The molecule has 3 nitrogen and oxygen atoms in total. The molecular formula is C13H10ClN3. The highest BCUT2D eigenvalue weighted by Crippen LogP contribution is 2.28. The number of nitrogen functional groups attached to an aromatic ring is 1. The van der Waals surface area contributed by atoms with E-state index in [1.165, 1.54) is 5.39 Å². The number of aromatic amines is 1. The van der Waals surface area contributed by atoms with E-state index in [9.17, 15) is 0 Å². The van der Waals surface area contributed by atoms with Crippen LogP contribution in [0.1, 0.15) is 0 Å². The number of nitrogens with zero attached hydrogens (tertiary/aromatic N) is 1. The molecule has 4 heteroatoms. The van der Waals surface area contributed by atoms with E-state index in [4.69, 9.17) is 17.3 Å². The molecule has 3 aromatic rings. The van der Waals surface area contributed by atoms with Gasteiger partial charge in [-0.15, -0.1) is 0 Å². The average Bonchev–Trinajstić information content (AvgIpc) is 2.68. The van der Waals surface area contributed by atoms with Crippen molar-refractivity contribution in [3.05, 3.63) is 47.6 Å². The van der Waals surface area contributed by atoms with Crippen LogP contribution in [0.5, 0.6) is 0 Å². The van der Waals surface area contributed by atoms with Gasteiger partial charge in [-0.2, -0.15) is 0 Å². The number of imidazole rings is 1. The fourth-order valence-corrected chi connectivity index (χ4v) is 2.15. The molecule has 0 atom stereocenters. The van der Waals surface area contributed by atoms with E-state index in [0.717, 1.165) is 10.9 Å². The van der Waals surface area contributed by atoms with E-state index in [2.05, 4.69) is 28.2 Å². The number of rotatable bonds is 1. The summed E-state index contributed by atoms with van der Waals surface area (Å²) in [5.41, 5.74) is 7.23. The van der Waals surface area contributed by atoms with Crippen molar-refractivity contribution in [3.8, 4) is 11.3 Å². The molecule has 0 aliphatic heterocycles. The highest BCUT2D eigenvalue weighted by Gasteiger charge is 2.09. The third-order valence-corrected chi connectivity index (χ3v) is 2.97. The van der Waals surface area contributed by atoms with Crippen LogP contribution < -0.4 is 5.73 Å². The molecule has 0 bridgehead atoms. The van der Waals surface area contributed by atoms with E-state index in [1.54, 1.807) is 0 Å². The first kappa shape index (κ1) is 10.2. The van der Waals surface area contributed by atoms with E-state index in [-0.39, 0.29) is 0 Å². The third kappa shape index (κ3) is 1.74. The minimum Gasteiger partial charge on any atom is -0.369 e. The van der Waals surface area contributed by atoms with Gasteiger partial charge in [0, 0.05) is 5.56 Å². The van der Waals surface area contributed by atoms with Crippen LogP contribution in [-0.2, 0) is 0 Å². The van der Waals surface area contributed by atoms with Crippen LogP contribution in [0.25, 0.3) is 22.0 Å². The van der Waals surface area contributed by atoms with Crippen molar-refractivity contribution in [2.24, 2.45) is 0 Å². The zero-order valence-corrected chi connectivity index (χ0v) is 9.70. The van der Waals surface area contributed by atoms with Crippen LogP contribution in [0, 0.1) is 0 Å². The Hall–Kier alpha value is -2.00. The predicted octanol–water partition coefficient (Wildman–Crippen LogP) is 3.47. The van der Waals surface area contributed by atoms with Gasteiger partial charge in [-0.25, -0.2) is 4.98 Å². The van der Waals surface area contributed by atoms with Gasteiger partial charge in [0.15, 0.2) is 5.95 Å². The van der Waals surface area contributed by atoms with Crippen molar-refractivity contribution in [2.75, 3.05) is 5.73 Å². The highest BCUT2D eigenvalue weighted by molar-refractivity contribution is 6.32. The first-order chi connectivity index (χ1) is 8.24. The fraction of sp³-hybridized carbons (Fsp3) is 0. The summed E-state index contributed by atoms with van der Waals surface area (Å²) in [6.45, 7) is 0. The molecule has 1 heterocycles. The predicted molar refractivity (Wildman–Crippen MR) is 71.0 cm³/mol. The molecule has 17 heavy (non-hydrogen) atoms. The minimum atomic E-state index is 0.332. The molecule has 0 fully saturated rings. The lowest BCUT2D eigenvalue weighted by atomic mass is 10.1. The number of nitrogens with two attached hydrogens (primary N) is 1. The maximum Gasteiger partial charge on any atom is 0.199 e. The Morgan fingerprint density at radius 2 is 1.82 bits per heavy atom. The van der Waals surface area contributed by atoms with E-state index in [0.29, 0.717) is 16.8 Å².